The van der Waals surface area contributed by atoms with E-state index >= 15 is 0 Å². The van der Waals surface area contributed by atoms with Crippen LogP contribution < -0.4 is 5.32 Å². The molecule has 4 nitrogen and oxygen atoms in total. The number of para-hydroxylation sites is 1. The summed E-state index contributed by atoms with van der Waals surface area (Å²) in [5, 5.41) is 21.5. The predicted octanol–water partition coefficient (Wildman–Crippen LogP) is 1.21. The number of phenolic OH excluding ortho intramolecular Hbond substituents is 1. The molecule has 2 rings (SSSR count). The van der Waals surface area contributed by atoms with Gasteiger partial charge in [-0.25, -0.2) is 0 Å². The van der Waals surface area contributed by atoms with Gasteiger partial charge in [-0.1, -0.05) is 18.2 Å². The molecule has 4 heteroatoms. The summed E-state index contributed by atoms with van der Waals surface area (Å²) in [5.74, 6) is 0.574. The van der Waals surface area contributed by atoms with Crippen LogP contribution in [0.2, 0.25) is 0 Å². The van der Waals surface area contributed by atoms with Crippen molar-refractivity contribution in [3.63, 3.8) is 0 Å². The molecule has 0 heterocycles. The van der Waals surface area contributed by atoms with E-state index < -0.39 is 0 Å². The standard InChI is InChI=1S/C14H19NO3/c16-8-7-12(10-5-6-10)15-14(18)9-11-3-1-2-4-13(11)17/h1-4,10,12,16-17H,5-9H2,(H,15,18). The van der Waals surface area contributed by atoms with Gasteiger partial charge in [0.25, 0.3) is 0 Å². The molecular formula is C14H19NO3. The minimum Gasteiger partial charge on any atom is -0.508 e. The number of nitrogens with one attached hydrogen (secondary N) is 1. The van der Waals surface area contributed by atoms with Gasteiger partial charge >= 0.3 is 0 Å². The first-order valence-electron chi connectivity index (χ1n) is 6.38. The lowest BCUT2D eigenvalue weighted by molar-refractivity contribution is -0.121. The SMILES string of the molecule is O=C(Cc1ccccc1O)NC(CCO)C1CC1. The largest absolute Gasteiger partial charge is 0.508 e. The third kappa shape index (κ3) is 3.47. The smallest absolute Gasteiger partial charge is 0.224 e. The molecule has 1 atom stereocenters. The van der Waals surface area contributed by atoms with Crippen molar-refractivity contribution in [1.29, 1.82) is 0 Å². The van der Waals surface area contributed by atoms with Crippen LogP contribution in [0.25, 0.3) is 0 Å². The Morgan fingerprint density at radius 3 is 2.72 bits per heavy atom. The van der Waals surface area contributed by atoms with E-state index in [1.54, 1.807) is 24.3 Å². The van der Waals surface area contributed by atoms with Crippen molar-refractivity contribution in [3.8, 4) is 5.75 Å². The van der Waals surface area contributed by atoms with Crippen LogP contribution in [0, 0.1) is 5.92 Å². The molecule has 0 saturated heterocycles. The summed E-state index contributed by atoms with van der Waals surface area (Å²) in [5.41, 5.74) is 0.633. The first-order chi connectivity index (χ1) is 8.70. The van der Waals surface area contributed by atoms with Crippen LogP contribution in [-0.4, -0.2) is 28.8 Å². The number of aromatic hydroxyl groups is 1. The van der Waals surface area contributed by atoms with Gasteiger partial charge in [0.05, 0.1) is 6.42 Å². The van der Waals surface area contributed by atoms with E-state index in [0.717, 1.165) is 12.8 Å². The third-order valence-electron chi connectivity index (χ3n) is 3.32. The highest BCUT2D eigenvalue weighted by Gasteiger charge is 2.31. The van der Waals surface area contributed by atoms with Gasteiger partial charge in [0.1, 0.15) is 5.75 Å². The molecule has 0 aliphatic heterocycles. The molecule has 0 aromatic heterocycles. The molecule has 0 bridgehead atoms. The monoisotopic (exact) mass is 249 g/mol. The van der Waals surface area contributed by atoms with Crippen LogP contribution >= 0.6 is 0 Å². The second-order valence-electron chi connectivity index (χ2n) is 4.83. The second kappa shape index (κ2) is 5.87. The molecule has 1 aromatic carbocycles. The Hall–Kier alpha value is -1.55. The summed E-state index contributed by atoms with van der Waals surface area (Å²) in [6.07, 6.45) is 3.04. The number of aliphatic hydroxyl groups excluding tert-OH is 1. The first-order valence-corrected chi connectivity index (χ1v) is 6.38. The lowest BCUT2D eigenvalue weighted by atomic mass is 10.1. The number of hydrogen-bond acceptors (Lipinski definition) is 3. The quantitative estimate of drug-likeness (QED) is 0.710. The van der Waals surface area contributed by atoms with Gasteiger partial charge in [-0.15, -0.1) is 0 Å². The fourth-order valence-electron chi connectivity index (χ4n) is 2.15. The van der Waals surface area contributed by atoms with Crippen LogP contribution in [0.15, 0.2) is 24.3 Å². The molecular weight excluding hydrogens is 230 g/mol. The molecule has 1 aliphatic carbocycles. The average molecular weight is 249 g/mol. The maximum Gasteiger partial charge on any atom is 0.224 e. The summed E-state index contributed by atoms with van der Waals surface area (Å²) < 4.78 is 0. The number of carbonyl (C=O) groups excluding carboxylic acids is 1. The Bertz CT molecular complexity index is 415. The summed E-state index contributed by atoms with van der Waals surface area (Å²) in [7, 11) is 0. The zero-order valence-corrected chi connectivity index (χ0v) is 10.3. The van der Waals surface area contributed by atoms with E-state index in [-0.39, 0.29) is 30.7 Å². The van der Waals surface area contributed by atoms with Gasteiger partial charge in [0, 0.05) is 18.2 Å². The Kier molecular flexibility index (Phi) is 4.20. The van der Waals surface area contributed by atoms with E-state index in [1.165, 1.54) is 0 Å². The molecule has 1 saturated carbocycles. The van der Waals surface area contributed by atoms with E-state index in [2.05, 4.69) is 5.32 Å². The average Bonchev–Trinajstić information content (AvgIpc) is 3.16. The topological polar surface area (TPSA) is 69.6 Å². The first kappa shape index (κ1) is 12.9. The fourth-order valence-corrected chi connectivity index (χ4v) is 2.15. The van der Waals surface area contributed by atoms with Crippen LogP contribution in [0.4, 0.5) is 0 Å². The van der Waals surface area contributed by atoms with Crippen molar-refractivity contribution < 1.29 is 15.0 Å². The second-order valence-corrected chi connectivity index (χ2v) is 4.83. The molecule has 0 spiro atoms. The Balaban J connectivity index is 1.89. The summed E-state index contributed by atoms with van der Waals surface area (Å²) in [4.78, 5) is 11.9. The molecule has 1 aliphatic rings. The maximum atomic E-state index is 11.9. The highest BCUT2D eigenvalue weighted by molar-refractivity contribution is 5.79. The van der Waals surface area contributed by atoms with E-state index in [1.807, 2.05) is 0 Å². The van der Waals surface area contributed by atoms with Gasteiger partial charge in [0.15, 0.2) is 0 Å². The molecule has 3 N–H and O–H groups in total. The molecule has 1 fully saturated rings. The van der Waals surface area contributed by atoms with Gasteiger partial charge in [-0.05, 0) is 31.2 Å². The summed E-state index contributed by atoms with van der Waals surface area (Å²) in [6.45, 7) is 0.0953. The number of hydrogen-bond donors (Lipinski definition) is 3. The van der Waals surface area contributed by atoms with Crippen molar-refractivity contribution in [2.45, 2.75) is 31.7 Å². The van der Waals surface area contributed by atoms with Crippen LogP contribution in [0.3, 0.4) is 0 Å². The summed E-state index contributed by atoms with van der Waals surface area (Å²) in [6, 6.07) is 6.93. The zero-order valence-electron chi connectivity index (χ0n) is 10.3. The highest BCUT2D eigenvalue weighted by Crippen LogP contribution is 2.34. The van der Waals surface area contributed by atoms with Gasteiger partial charge < -0.3 is 15.5 Å². The Morgan fingerprint density at radius 2 is 2.11 bits per heavy atom. The van der Waals surface area contributed by atoms with E-state index in [0.29, 0.717) is 17.9 Å². The lowest BCUT2D eigenvalue weighted by Crippen LogP contribution is -2.38. The maximum absolute atomic E-state index is 11.9. The number of phenols is 1. The number of rotatable bonds is 6. The van der Waals surface area contributed by atoms with E-state index in [4.69, 9.17) is 5.11 Å². The van der Waals surface area contributed by atoms with Crippen LogP contribution in [-0.2, 0) is 11.2 Å². The molecule has 1 unspecified atom stereocenters. The molecule has 1 amide bonds. The van der Waals surface area contributed by atoms with Crippen molar-refractivity contribution >= 4 is 5.91 Å². The highest BCUT2D eigenvalue weighted by atomic mass is 16.3. The Morgan fingerprint density at radius 1 is 1.39 bits per heavy atom. The number of amides is 1. The molecule has 98 valence electrons. The van der Waals surface area contributed by atoms with Gasteiger partial charge in [0.2, 0.25) is 5.91 Å². The van der Waals surface area contributed by atoms with Crippen LogP contribution in [0.5, 0.6) is 5.75 Å². The predicted molar refractivity (Wildman–Crippen MR) is 68.2 cm³/mol. The van der Waals surface area contributed by atoms with Gasteiger partial charge in [-0.3, -0.25) is 4.79 Å². The molecule has 18 heavy (non-hydrogen) atoms. The molecule has 1 aromatic rings. The summed E-state index contributed by atoms with van der Waals surface area (Å²) >= 11 is 0. The van der Waals surface area contributed by atoms with Gasteiger partial charge in [-0.2, -0.15) is 0 Å². The van der Waals surface area contributed by atoms with Crippen LogP contribution in [0.1, 0.15) is 24.8 Å². The minimum atomic E-state index is -0.0955. The minimum absolute atomic E-state index is 0.0772. The fraction of sp³-hybridized carbons (Fsp3) is 0.500. The normalized spacial score (nSPS) is 16.3. The lowest BCUT2D eigenvalue weighted by Gasteiger charge is -2.17. The van der Waals surface area contributed by atoms with Crippen molar-refractivity contribution in [1.82, 2.24) is 5.32 Å². The number of aliphatic hydroxyl groups is 1. The molecule has 0 radical (unpaired) electrons. The van der Waals surface area contributed by atoms with Crippen molar-refractivity contribution in [2.75, 3.05) is 6.61 Å². The van der Waals surface area contributed by atoms with Crippen molar-refractivity contribution in [3.05, 3.63) is 29.8 Å². The van der Waals surface area contributed by atoms with Crippen molar-refractivity contribution in [2.24, 2.45) is 5.92 Å². The number of benzene rings is 1. The van der Waals surface area contributed by atoms with E-state index in [9.17, 15) is 9.90 Å². The third-order valence-corrected chi connectivity index (χ3v) is 3.32. The Labute approximate surface area is 107 Å². The zero-order chi connectivity index (χ0) is 13.0. The number of carbonyl (C=O) groups is 1.